The van der Waals surface area contributed by atoms with Gasteiger partial charge in [-0.05, 0) is 60.3 Å². The van der Waals surface area contributed by atoms with Crippen molar-refractivity contribution in [1.29, 1.82) is 0 Å². The molecular weight excluding hydrogens is 492 g/mol. The molecule has 2 heterocycles. The van der Waals surface area contributed by atoms with Crippen molar-refractivity contribution < 1.29 is 14.3 Å². The van der Waals surface area contributed by atoms with Crippen LogP contribution in [0.1, 0.15) is 22.2 Å². The van der Waals surface area contributed by atoms with Gasteiger partial charge >= 0.3 is 17.3 Å². The van der Waals surface area contributed by atoms with Gasteiger partial charge in [0.2, 0.25) is 5.62 Å². The van der Waals surface area contributed by atoms with Crippen LogP contribution < -0.4 is 21.7 Å². The van der Waals surface area contributed by atoms with Gasteiger partial charge in [0.25, 0.3) is 0 Å². The topological polar surface area (TPSA) is 108 Å². The summed E-state index contributed by atoms with van der Waals surface area (Å²) in [5.41, 5.74) is 0.404. The molecule has 35 heavy (non-hydrogen) atoms. The van der Waals surface area contributed by atoms with Crippen LogP contribution in [0.3, 0.4) is 0 Å². The summed E-state index contributed by atoms with van der Waals surface area (Å²) in [4.78, 5) is 44.8. The van der Waals surface area contributed by atoms with Gasteiger partial charge in [-0.15, -0.1) is 11.3 Å². The zero-order valence-electron chi connectivity index (χ0n) is 18.9. The second kappa shape index (κ2) is 10.6. The number of aromatic nitrogens is 3. The number of H-pyrrole nitrogens is 1. The molecule has 0 amide bonds. The number of aromatic amines is 1. The van der Waals surface area contributed by atoms with Crippen LogP contribution in [0.5, 0.6) is 11.5 Å². The molecule has 0 aliphatic carbocycles. The number of carbonyl (C=O) groups is 1. The molecule has 0 saturated heterocycles. The largest absolute Gasteiger partial charge is 0.465 e. The molecule has 4 rings (SSSR count). The Morgan fingerprint density at radius 3 is 2.43 bits per heavy atom. The van der Waals surface area contributed by atoms with E-state index in [2.05, 4.69) is 9.98 Å². The first-order valence-electron chi connectivity index (χ1n) is 10.6. The number of nitrogens with zero attached hydrogens (tertiary/aromatic N) is 3. The number of rotatable bonds is 7. The first-order valence-corrected chi connectivity index (χ1v) is 11.8. The molecule has 1 N–H and O–H groups in total. The van der Waals surface area contributed by atoms with Gasteiger partial charge in [0, 0.05) is 11.6 Å². The highest BCUT2D eigenvalue weighted by atomic mass is 35.5. The number of thiophene rings is 1. The van der Waals surface area contributed by atoms with Crippen LogP contribution >= 0.6 is 22.9 Å². The minimum absolute atomic E-state index is 0.110. The summed E-state index contributed by atoms with van der Waals surface area (Å²) in [7, 11) is 1.31. The minimum atomic E-state index is -0.545. The third kappa shape index (κ3) is 5.44. The summed E-state index contributed by atoms with van der Waals surface area (Å²) >= 11 is 7.19. The summed E-state index contributed by atoms with van der Waals surface area (Å²) < 4.78 is 13.1. The van der Waals surface area contributed by atoms with Gasteiger partial charge in [0.1, 0.15) is 5.75 Å². The Labute approximate surface area is 208 Å². The van der Waals surface area contributed by atoms with Crippen LogP contribution in [0, 0.1) is 0 Å². The molecule has 0 aliphatic heterocycles. The number of nitrogens with one attached hydrogen (secondary N) is 1. The number of carbonyl (C=O) groups excluding carboxylic acids is 1. The SMILES string of the molecule is CCn1c(=O)[nH]/c(=N\c2ccc(Oc3ccsc3C(=O)OC)cc2)n(Cc2ccc(Cl)cc2)c1=O. The lowest BCUT2D eigenvalue weighted by Gasteiger charge is -2.10. The first-order chi connectivity index (χ1) is 16.9. The average molecular weight is 513 g/mol. The lowest BCUT2D eigenvalue weighted by molar-refractivity contribution is 0.0604. The molecule has 0 saturated carbocycles. The van der Waals surface area contributed by atoms with E-state index in [-0.39, 0.29) is 18.7 Å². The molecule has 11 heteroatoms. The Hall–Kier alpha value is -3.89. The van der Waals surface area contributed by atoms with E-state index >= 15 is 0 Å². The fourth-order valence-electron chi connectivity index (χ4n) is 3.29. The van der Waals surface area contributed by atoms with Crippen LogP contribution in [0.25, 0.3) is 0 Å². The summed E-state index contributed by atoms with van der Waals surface area (Å²) in [5, 5.41) is 2.32. The molecule has 2 aromatic carbocycles. The maximum Gasteiger partial charge on any atom is 0.351 e. The van der Waals surface area contributed by atoms with Crippen molar-refractivity contribution in [1.82, 2.24) is 14.1 Å². The second-order valence-corrected chi connectivity index (χ2v) is 8.66. The van der Waals surface area contributed by atoms with E-state index in [1.54, 1.807) is 66.9 Å². The molecule has 4 aromatic rings. The molecule has 0 atom stereocenters. The molecule has 9 nitrogen and oxygen atoms in total. The van der Waals surface area contributed by atoms with E-state index in [0.717, 1.165) is 10.1 Å². The predicted octanol–water partition coefficient (Wildman–Crippen LogP) is 3.93. The van der Waals surface area contributed by atoms with Crippen molar-refractivity contribution in [2.75, 3.05) is 7.11 Å². The minimum Gasteiger partial charge on any atom is -0.465 e. The van der Waals surface area contributed by atoms with Gasteiger partial charge in [-0.25, -0.2) is 23.9 Å². The smallest absolute Gasteiger partial charge is 0.351 e. The van der Waals surface area contributed by atoms with E-state index in [4.69, 9.17) is 21.1 Å². The number of methoxy groups -OCH3 is 1. The third-order valence-electron chi connectivity index (χ3n) is 5.05. The van der Waals surface area contributed by atoms with Crippen molar-refractivity contribution in [3.8, 4) is 11.5 Å². The normalized spacial score (nSPS) is 11.5. The van der Waals surface area contributed by atoms with Gasteiger partial charge in [0.15, 0.2) is 10.6 Å². The Balaban J connectivity index is 1.69. The monoisotopic (exact) mass is 512 g/mol. The molecule has 0 radical (unpaired) electrons. The van der Waals surface area contributed by atoms with Gasteiger partial charge in [-0.3, -0.25) is 9.55 Å². The van der Waals surface area contributed by atoms with E-state index in [0.29, 0.717) is 27.1 Å². The highest BCUT2D eigenvalue weighted by Crippen LogP contribution is 2.31. The zero-order valence-corrected chi connectivity index (χ0v) is 20.4. The molecule has 0 spiro atoms. The van der Waals surface area contributed by atoms with Gasteiger partial charge in [-0.1, -0.05) is 23.7 Å². The Kier molecular flexibility index (Phi) is 7.33. The number of hydrogen-bond acceptors (Lipinski definition) is 7. The van der Waals surface area contributed by atoms with Crippen molar-refractivity contribution in [2.24, 2.45) is 4.99 Å². The van der Waals surface area contributed by atoms with E-state index in [9.17, 15) is 14.4 Å². The number of halogens is 1. The molecule has 2 aromatic heterocycles. The predicted molar refractivity (Wildman–Crippen MR) is 133 cm³/mol. The maximum atomic E-state index is 13.0. The molecule has 0 fully saturated rings. The molecule has 0 unspecified atom stereocenters. The molecule has 0 bridgehead atoms. The summed E-state index contributed by atoms with van der Waals surface area (Å²) in [6.45, 7) is 2.14. The lowest BCUT2D eigenvalue weighted by Crippen LogP contribution is -2.49. The molecule has 180 valence electrons. The van der Waals surface area contributed by atoms with Crippen molar-refractivity contribution in [2.45, 2.75) is 20.0 Å². The summed E-state index contributed by atoms with van der Waals surface area (Å²) in [6, 6.07) is 15.5. The van der Waals surface area contributed by atoms with Crippen LogP contribution in [0.4, 0.5) is 5.69 Å². The summed E-state index contributed by atoms with van der Waals surface area (Å²) in [6.07, 6.45) is 0. The first kappa shape index (κ1) is 24.2. The van der Waals surface area contributed by atoms with Crippen molar-refractivity contribution in [3.05, 3.63) is 102 Å². The van der Waals surface area contributed by atoms with Gasteiger partial charge in [-0.2, -0.15) is 0 Å². The van der Waals surface area contributed by atoms with Crippen molar-refractivity contribution >= 4 is 34.6 Å². The molecular formula is C24H21ClN4O5S. The highest BCUT2D eigenvalue weighted by molar-refractivity contribution is 7.12. The second-order valence-electron chi connectivity index (χ2n) is 7.31. The molecule has 0 aliphatic rings. The third-order valence-corrected chi connectivity index (χ3v) is 6.18. The lowest BCUT2D eigenvalue weighted by atomic mass is 10.2. The number of ether oxygens (including phenoxy) is 2. The van der Waals surface area contributed by atoms with Crippen LogP contribution in [0.2, 0.25) is 5.02 Å². The van der Waals surface area contributed by atoms with E-state index < -0.39 is 17.3 Å². The number of esters is 1. The Morgan fingerprint density at radius 1 is 1.06 bits per heavy atom. The highest BCUT2D eigenvalue weighted by Gasteiger charge is 2.15. The fourth-order valence-corrected chi connectivity index (χ4v) is 4.15. The number of benzene rings is 2. The maximum absolute atomic E-state index is 13.0. The van der Waals surface area contributed by atoms with Gasteiger partial charge in [0.05, 0.1) is 19.3 Å². The fraction of sp³-hybridized carbons (Fsp3) is 0.167. The summed E-state index contributed by atoms with van der Waals surface area (Å²) in [5.74, 6) is 0.397. The van der Waals surface area contributed by atoms with Crippen LogP contribution in [-0.4, -0.2) is 27.2 Å². The quantitative estimate of drug-likeness (QED) is 0.377. The van der Waals surface area contributed by atoms with Crippen LogP contribution in [0.15, 0.2) is 74.6 Å². The Bertz CT molecular complexity index is 1530. The van der Waals surface area contributed by atoms with Crippen molar-refractivity contribution in [3.63, 3.8) is 0 Å². The van der Waals surface area contributed by atoms with Gasteiger partial charge < -0.3 is 9.47 Å². The van der Waals surface area contributed by atoms with Crippen LogP contribution in [-0.2, 0) is 17.8 Å². The number of hydrogen-bond donors (Lipinski definition) is 1. The van der Waals surface area contributed by atoms with E-state index in [1.165, 1.54) is 23.0 Å². The zero-order chi connectivity index (χ0) is 24.9. The standard InChI is InChI=1S/C24H21ClN4O5S/c1-3-28-23(31)27-22(29(24(28)32)14-15-4-6-16(25)7-5-15)26-17-8-10-18(11-9-17)34-19-12-13-35-20(19)21(30)33-2/h4-13H,3,14H2,1-2H3,(H,26,27,31). The van der Waals surface area contributed by atoms with E-state index in [1.807, 2.05) is 0 Å². The average Bonchev–Trinajstić information content (AvgIpc) is 3.32. The Morgan fingerprint density at radius 2 is 1.77 bits per heavy atom.